The second-order valence-corrected chi connectivity index (χ2v) is 9.30. The lowest BCUT2D eigenvalue weighted by molar-refractivity contribution is 0.0589. The first-order valence-corrected chi connectivity index (χ1v) is 11.3. The maximum absolute atomic E-state index is 13.2. The molecule has 35 heavy (non-hydrogen) atoms. The highest BCUT2D eigenvalue weighted by molar-refractivity contribution is 5.96. The fraction of sp³-hybridized carbons (Fsp3) is 0.435. The number of carbonyl (C=O) groups excluding carboxylic acids is 2. The van der Waals surface area contributed by atoms with Crippen LogP contribution in [0.25, 0.3) is 5.65 Å². The number of carbonyl (C=O) groups is 2. The van der Waals surface area contributed by atoms with E-state index in [1.54, 1.807) is 49.7 Å². The third kappa shape index (κ3) is 5.11. The molecule has 1 aliphatic heterocycles. The predicted molar refractivity (Wildman–Crippen MR) is 129 cm³/mol. The Morgan fingerprint density at radius 2 is 2.00 bits per heavy atom. The number of primary amides is 1. The zero-order valence-corrected chi connectivity index (χ0v) is 20.1. The third-order valence-electron chi connectivity index (χ3n) is 5.55. The van der Waals surface area contributed by atoms with Gasteiger partial charge < -0.3 is 25.1 Å². The van der Waals surface area contributed by atoms with Crippen LogP contribution >= 0.6 is 0 Å². The van der Waals surface area contributed by atoms with Crippen LogP contribution in [0, 0.1) is 0 Å². The summed E-state index contributed by atoms with van der Waals surface area (Å²) < 4.78 is 13.8. The van der Waals surface area contributed by atoms with E-state index >= 15 is 0 Å². The summed E-state index contributed by atoms with van der Waals surface area (Å²) in [6.45, 7) is 6.47. The number of nitrogens with two attached hydrogens (primary N) is 1. The van der Waals surface area contributed by atoms with Crippen molar-refractivity contribution in [1.29, 1.82) is 0 Å². The number of hydrogen-bond acceptors (Lipinski definition) is 8. The van der Waals surface area contributed by atoms with Crippen molar-refractivity contribution in [3.63, 3.8) is 0 Å². The number of aromatic nitrogens is 4. The van der Waals surface area contributed by atoms with Crippen LogP contribution in [-0.4, -0.2) is 57.0 Å². The van der Waals surface area contributed by atoms with Gasteiger partial charge in [0.1, 0.15) is 17.0 Å². The van der Waals surface area contributed by atoms with E-state index < -0.39 is 17.6 Å². The molecule has 3 aromatic heterocycles. The van der Waals surface area contributed by atoms with Crippen LogP contribution in [0.4, 0.5) is 22.0 Å². The predicted octanol–water partition coefficient (Wildman–Crippen LogP) is 2.46. The van der Waals surface area contributed by atoms with Gasteiger partial charge in [-0.3, -0.25) is 14.5 Å². The van der Waals surface area contributed by atoms with Gasteiger partial charge in [-0.05, 0) is 45.7 Å². The second-order valence-electron chi connectivity index (χ2n) is 9.30. The normalized spacial score (nSPS) is 14.6. The first kappa shape index (κ1) is 24.2. The van der Waals surface area contributed by atoms with Gasteiger partial charge in [-0.25, -0.2) is 14.3 Å². The van der Waals surface area contributed by atoms with Gasteiger partial charge in [0, 0.05) is 38.6 Å². The number of anilines is 3. The molecule has 0 spiro atoms. The minimum atomic E-state index is -0.741. The van der Waals surface area contributed by atoms with Crippen LogP contribution in [0.15, 0.2) is 35.4 Å². The minimum Gasteiger partial charge on any atom is -0.443 e. The van der Waals surface area contributed by atoms with E-state index in [0.717, 1.165) is 12.8 Å². The van der Waals surface area contributed by atoms with Gasteiger partial charge in [-0.1, -0.05) is 0 Å². The highest BCUT2D eigenvalue weighted by atomic mass is 16.6. The average Bonchev–Trinajstić information content (AvgIpc) is 3.23. The van der Waals surface area contributed by atoms with Crippen LogP contribution < -0.4 is 21.5 Å². The van der Waals surface area contributed by atoms with Gasteiger partial charge >= 0.3 is 6.09 Å². The summed E-state index contributed by atoms with van der Waals surface area (Å²) in [5, 5.41) is 7.43. The molecule has 3 N–H and O–H groups in total. The Balaban J connectivity index is 1.76. The van der Waals surface area contributed by atoms with Crippen molar-refractivity contribution in [2.45, 2.75) is 45.3 Å². The molecular weight excluding hydrogens is 454 g/mol. The molecular formula is C23H29N7O5. The lowest BCUT2D eigenvalue weighted by atomic mass is 10.1. The molecule has 0 bridgehead atoms. The standard InChI is InChI=1S/C23H29N7O5/c1-23(2,3)35-22(33)28(4)16-12-18(27-30-17(19(24)31)13-25-20(16)30)26-15-6-5-9-29(21(15)32)14-7-10-34-11-8-14/h5-6,9,12-14H,7-8,10-11H2,1-4H3,(H2,24,31)(H,26,27). The monoisotopic (exact) mass is 483 g/mol. The van der Waals surface area contributed by atoms with Crippen LogP contribution in [0.2, 0.25) is 0 Å². The maximum Gasteiger partial charge on any atom is 0.414 e. The molecule has 0 saturated carbocycles. The Hall–Kier alpha value is -3.93. The first-order chi connectivity index (χ1) is 16.5. The number of nitrogens with zero attached hydrogens (tertiary/aromatic N) is 5. The number of ether oxygens (including phenoxy) is 2. The number of amides is 2. The fourth-order valence-electron chi connectivity index (χ4n) is 3.85. The number of rotatable bonds is 5. The van der Waals surface area contributed by atoms with E-state index in [0.29, 0.717) is 18.9 Å². The van der Waals surface area contributed by atoms with Crippen molar-refractivity contribution in [2.75, 3.05) is 30.5 Å². The zero-order valence-electron chi connectivity index (χ0n) is 20.1. The lowest BCUT2D eigenvalue weighted by Crippen LogP contribution is -2.34. The van der Waals surface area contributed by atoms with Crippen molar-refractivity contribution >= 4 is 34.8 Å². The van der Waals surface area contributed by atoms with Gasteiger partial charge in [-0.15, -0.1) is 5.10 Å². The van der Waals surface area contributed by atoms with E-state index in [1.807, 2.05) is 0 Å². The summed E-state index contributed by atoms with van der Waals surface area (Å²) in [6.07, 6.45) is 3.90. The summed E-state index contributed by atoms with van der Waals surface area (Å²) in [7, 11) is 1.52. The zero-order chi connectivity index (χ0) is 25.3. The Labute approximate surface area is 201 Å². The quantitative estimate of drug-likeness (QED) is 0.563. The highest BCUT2D eigenvalue weighted by Gasteiger charge is 2.25. The Morgan fingerprint density at radius 3 is 2.66 bits per heavy atom. The summed E-state index contributed by atoms with van der Waals surface area (Å²) in [4.78, 5) is 43.4. The number of imidazole rings is 1. The molecule has 2 amide bonds. The van der Waals surface area contributed by atoms with Crippen molar-refractivity contribution in [3.05, 3.63) is 46.6 Å². The molecule has 0 radical (unpaired) electrons. The number of pyridine rings is 1. The molecule has 12 nitrogen and oxygen atoms in total. The van der Waals surface area contributed by atoms with Crippen LogP contribution in [0.5, 0.6) is 0 Å². The molecule has 1 fully saturated rings. The van der Waals surface area contributed by atoms with E-state index in [9.17, 15) is 14.4 Å². The van der Waals surface area contributed by atoms with E-state index in [4.69, 9.17) is 15.2 Å². The molecule has 1 saturated heterocycles. The van der Waals surface area contributed by atoms with Crippen LogP contribution in [0.1, 0.15) is 50.1 Å². The molecule has 0 atom stereocenters. The van der Waals surface area contributed by atoms with Gasteiger partial charge in [-0.2, -0.15) is 0 Å². The van der Waals surface area contributed by atoms with Crippen molar-refractivity contribution in [3.8, 4) is 0 Å². The molecule has 4 heterocycles. The smallest absolute Gasteiger partial charge is 0.414 e. The van der Waals surface area contributed by atoms with Gasteiger partial charge in [0.15, 0.2) is 11.5 Å². The molecule has 4 rings (SSSR count). The van der Waals surface area contributed by atoms with E-state index in [1.165, 1.54) is 22.7 Å². The average molecular weight is 484 g/mol. The number of hydrogen-bond donors (Lipinski definition) is 2. The number of fused-ring (bicyclic) bond motifs is 1. The molecule has 0 aliphatic carbocycles. The van der Waals surface area contributed by atoms with E-state index in [2.05, 4.69) is 15.4 Å². The summed E-state index contributed by atoms with van der Waals surface area (Å²) in [5.41, 5.74) is 5.41. The SMILES string of the molecule is CN(C(=O)OC(C)(C)C)c1cc(Nc2cccn(C3CCOCC3)c2=O)nn2c(C(N)=O)cnc12. The van der Waals surface area contributed by atoms with Crippen LogP contribution in [0.3, 0.4) is 0 Å². The van der Waals surface area contributed by atoms with Crippen molar-refractivity contribution < 1.29 is 19.1 Å². The minimum absolute atomic E-state index is 0.0233. The van der Waals surface area contributed by atoms with Crippen LogP contribution in [-0.2, 0) is 9.47 Å². The molecule has 12 heteroatoms. The summed E-state index contributed by atoms with van der Waals surface area (Å²) in [5.74, 6) is -0.528. The first-order valence-electron chi connectivity index (χ1n) is 11.3. The summed E-state index contributed by atoms with van der Waals surface area (Å²) in [6, 6.07) is 5.02. The third-order valence-corrected chi connectivity index (χ3v) is 5.55. The van der Waals surface area contributed by atoms with Gasteiger partial charge in [0.25, 0.3) is 11.5 Å². The largest absolute Gasteiger partial charge is 0.443 e. The van der Waals surface area contributed by atoms with E-state index in [-0.39, 0.29) is 34.4 Å². The topological polar surface area (TPSA) is 146 Å². The summed E-state index contributed by atoms with van der Waals surface area (Å²) >= 11 is 0. The fourth-order valence-corrected chi connectivity index (χ4v) is 3.85. The molecule has 186 valence electrons. The molecule has 0 unspecified atom stereocenters. The lowest BCUT2D eigenvalue weighted by Gasteiger charge is -2.25. The molecule has 0 aromatic carbocycles. The Bertz CT molecular complexity index is 1320. The Morgan fingerprint density at radius 1 is 1.29 bits per heavy atom. The number of nitrogens with one attached hydrogen (secondary N) is 1. The molecule has 1 aliphatic rings. The Kier molecular flexibility index (Phi) is 6.48. The van der Waals surface area contributed by atoms with Gasteiger partial charge in [0.2, 0.25) is 0 Å². The molecule has 3 aromatic rings. The van der Waals surface area contributed by atoms with Gasteiger partial charge in [0.05, 0.1) is 11.9 Å². The van der Waals surface area contributed by atoms with Crippen molar-refractivity contribution in [1.82, 2.24) is 19.2 Å². The van der Waals surface area contributed by atoms with Crippen molar-refractivity contribution in [2.24, 2.45) is 5.73 Å². The maximum atomic E-state index is 13.2. The highest BCUT2D eigenvalue weighted by Crippen LogP contribution is 2.27. The second kappa shape index (κ2) is 9.37.